The van der Waals surface area contributed by atoms with Gasteiger partial charge in [0.15, 0.2) is 0 Å². The molecular formula is C14H19N3O2. The normalized spacial score (nSPS) is 10.0. The zero-order valence-corrected chi connectivity index (χ0v) is 11.3. The second-order valence-electron chi connectivity index (χ2n) is 4.15. The van der Waals surface area contributed by atoms with Crippen LogP contribution in [0.25, 0.3) is 0 Å². The van der Waals surface area contributed by atoms with E-state index in [9.17, 15) is 4.79 Å². The van der Waals surface area contributed by atoms with Gasteiger partial charge in [0.05, 0.1) is 26.3 Å². The lowest BCUT2D eigenvalue weighted by Gasteiger charge is -2.17. The molecule has 19 heavy (non-hydrogen) atoms. The van der Waals surface area contributed by atoms with Gasteiger partial charge in [-0.15, -0.1) is 0 Å². The number of ether oxygens (including phenoxy) is 1. The van der Waals surface area contributed by atoms with Gasteiger partial charge in [-0.2, -0.15) is 5.26 Å². The van der Waals surface area contributed by atoms with Crippen LogP contribution in [0.5, 0.6) is 5.75 Å². The number of anilines is 1. The lowest BCUT2D eigenvalue weighted by Crippen LogP contribution is -2.34. The molecule has 0 bridgehead atoms. The fourth-order valence-electron chi connectivity index (χ4n) is 1.71. The van der Waals surface area contributed by atoms with Crippen LogP contribution in [-0.2, 0) is 4.79 Å². The topological polar surface area (TPSA) is 65.4 Å². The van der Waals surface area contributed by atoms with Crippen molar-refractivity contribution in [2.24, 2.45) is 0 Å². The molecule has 1 aromatic rings. The van der Waals surface area contributed by atoms with Crippen molar-refractivity contribution in [2.45, 2.75) is 13.3 Å². The van der Waals surface area contributed by atoms with E-state index in [1.54, 1.807) is 31.4 Å². The van der Waals surface area contributed by atoms with Crippen molar-refractivity contribution in [3.05, 3.63) is 24.3 Å². The van der Waals surface area contributed by atoms with Crippen LogP contribution in [-0.4, -0.2) is 37.6 Å². The number of nitrogens with zero attached hydrogens (tertiary/aromatic N) is 2. The summed E-state index contributed by atoms with van der Waals surface area (Å²) in [6, 6.07) is 9.20. The first-order valence-electron chi connectivity index (χ1n) is 6.22. The van der Waals surface area contributed by atoms with E-state index in [2.05, 4.69) is 11.4 Å². The lowest BCUT2D eigenvalue weighted by molar-refractivity contribution is -0.117. The molecule has 0 saturated carbocycles. The number of carbonyl (C=O) groups is 1. The van der Waals surface area contributed by atoms with E-state index in [-0.39, 0.29) is 19.0 Å². The van der Waals surface area contributed by atoms with Gasteiger partial charge in [-0.05, 0) is 37.2 Å². The Bertz CT molecular complexity index is 437. The molecule has 0 heterocycles. The van der Waals surface area contributed by atoms with E-state index in [1.807, 2.05) is 11.8 Å². The summed E-state index contributed by atoms with van der Waals surface area (Å²) in [6.07, 6.45) is 0.914. The van der Waals surface area contributed by atoms with Gasteiger partial charge in [0.2, 0.25) is 5.91 Å². The molecule has 1 rings (SSSR count). The average Bonchev–Trinajstić information content (AvgIpc) is 2.40. The molecule has 0 spiro atoms. The number of nitrogens with one attached hydrogen (secondary N) is 1. The minimum atomic E-state index is -0.117. The summed E-state index contributed by atoms with van der Waals surface area (Å²) < 4.78 is 5.05. The largest absolute Gasteiger partial charge is 0.497 e. The van der Waals surface area contributed by atoms with Crippen molar-refractivity contribution in [3.8, 4) is 11.8 Å². The van der Waals surface area contributed by atoms with Gasteiger partial charge in [-0.1, -0.05) is 6.92 Å². The Morgan fingerprint density at radius 2 is 2.11 bits per heavy atom. The van der Waals surface area contributed by atoms with Crippen molar-refractivity contribution in [3.63, 3.8) is 0 Å². The molecule has 0 unspecified atom stereocenters. The second kappa shape index (κ2) is 8.11. The molecule has 102 valence electrons. The van der Waals surface area contributed by atoms with Crippen LogP contribution in [0, 0.1) is 11.3 Å². The van der Waals surface area contributed by atoms with E-state index in [0.717, 1.165) is 24.4 Å². The van der Waals surface area contributed by atoms with Crippen molar-refractivity contribution < 1.29 is 9.53 Å². The maximum absolute atomic E-state index is 11.8. The number of nitriles is 1. The van der Waals surface area contributed by atoms with Crippen LogP contribution < -0.4 is 10.1 Å². The number of hydrogen-bond acceptors (Lipinski definition) is 4. The predicted molar refractivity (Wildman–Crippen MR) is 74.0 cm³/mol. The zero-order valence-electron chi connectivity index (χ0n) is 11.3. The van der Waals surface area contributed by atoms with Gasteiger partial charge in [0.1, 0.15) is 5.75 Å². The second-order valence-corrected chi connectivity index (χ2v) is 4.15. The highest BCUT2D eigenvalue weighted by Crippen LogP contribution is 2.14. The summed E-state index contributed by atoms with van der Waals surface area (Å²) in [5, 5.41) is 11.5. The van der Waals surface area contributed by atoms with Crippen molar-refractivity contribution in [1.29, 1.82) is 5.26 Å². The van der Waals surface area contributed by atoms with Crippen LogP contribution >= 0.6 is 0 Å². The van der Waals surface area contributed by atoms with E-state index >= 15 is 0 Å². The summed E-state index contributed by atoms with van der Waals surface area (Å²) in [5.74, 6) is 0.629. The fourth-order valence-corrected chi connectivity index (χ4v) is 1.71. The molecule has 5 nitrogen and oxygen atoms in total. The molecule has 0 aliphatic rings. The van der Waals surface area contributed by atoms with Crippen molar-refractivity contribution in [1.82, 2.24) is 4.90 Å². The Labute approximate surface area is 113 Å². The summed E-state index contributed by atoms with van der Waals surface area (Å²) in [7, 11) is 1.60. The molecule has 0 aromatic heterocycles. The number of hydrogen-bond donors (Lipinski definition) is 1. The molecule has 0 saturated heterocycles. The molecule has 0 atom stereocenters. The summed E-state index contributed by atoms with van der Waals surface area (Å²) >= 11 is 0. The van der Waals surface area contributed by atoms with Crippen LogP contribution in [0.2, 0.25) is 0 Å². The van der Waals surface area contributed by atoms with Crippen LogP contribution in [0.15, 0.2) is 24.3 Å². The Hall–Kier alpha value is -2.06. The first-order valence-corrected chi connectivity index (χ1v) is 6.22. The minimum absolute atomic E-state index is 0.117. The van der Waals surface area contributed by atoms with Gasteiger partial charge in [-0.25, -0.2) is 0 Å². The molecule has 1 amide bonds. The van der Waals surface area contributed by atoms with Gasteiger partial charge in [0, 0.05) is 5.69 Å². The van der Waals surface area contributed by atoms with Crippen LogP contribution in [0.1, 0.15) is 13.3 Å². The maximum Gasteiger partial charge on any atom is 0.238 e. The van der Waals surface area contributed by atoms with Crippen molar-refractivity contribution >= 4 is 11.6 Å². The van der Waals surface area contributed by atoms with E-state index < -0.39 is 0 Å². The number of rotatable bonds is 7. The highest BCUT2D eigenvalue weighted by atomic mass is 16.5. The van der Waals surface area contributed by atoms with E-state index in [4.69, 9.17) is 10.00 Å². The predicted octanol–water partition coefficient (Wildman–Crippen LogP) is 1.87. The summed E-state index contributed by atoms with van der Waals surface area (Å²) in [5.41, 5.74) is 0.721. The van der Waals surface area contributed by atoms with Crippen LogP contribution in [0.3, 0.4) is 0 Å². The highest BCUT2D eigenvalue weighted by Gasteiger charge is 2.09. The molecular weight excluding hydrogens is 242 g/mol. The molecule has 0 fully saturated rings. The van der Waals surface area contributed by atoms with E-state index in [1.165, 1.54) is 0 Å². The minimum Gasteiger partial charge on any atom is -0.497 e. The maximum atomic E-state index is 11.8. The van der Waals surface area contributed by atoms with Gasteiger partial charge < -0.3 is 10.1 Å². The molecule has 1 aromatic carbocycles. The third-order valence-electron chi connectivity index (χ3n) is 2.58. The third-order valence-corrected chi connectivity index (χ3v) is 2.58. The van der Waals surface area contributed by atoms with Gasteiger partial charge in [0.25, 0.3) is 0 Å². The molecule has 0 radical (unpaired) electrons. The average molecular weight is 261 g/mol. The standard InChI is InChI=1S/C14H19N3O2/c1-3-9-17(10-8-15)11-14(18)16-12-4-6-13(19-2)7-5-12/h4-7H,3,9-11H2,1-2H3,(H,16,18). The number of amides is 1. The zero-order chi connectivity index (χ0) is 14.1. The molecule has 0 aliphatic carbocycles. The summed E-state index contributed by atoms with van der Waals surface area (Å²) in [6.45, 7) is 3.26. The molecule has 5 heteroatoms. The number of carbonyl (C=O) groups excluding carboxylic acids is 1. The fraction of sp³-hybridized carbons (Fsp3) is 0.429. The molecule has 0 aliphatic heterocycles. The van der Waals surface area contributed by atoms with Gasteiger partial charge >= 0.3 is 0 Å². The first kappa shape index (κ1) is 15.0. The molecule has 1 N–H and O–H groups in total. The Morgan fingerprint density at radius 1 is 1.42 bits per heavy atom. The monoisotopic (exact) mass is 261 g/mol. The smallest absolute Gasteiger partial charge is 0.238 e. The Kier molecular flexibility index (Phi) is 6.41. The number of benzene rings is 1. The van der Waals surface area contributed by atoms with Crippen molar-refractivity contribution in [2.75, 3.05) is 32.1 Å². The quantitative estimate of drug-likeness (QED) is 0.761. The lowest BCUT2D eigenvalue weighted by atomic mass is 10.3. The van der Waals surface area contributed by atoms with Gasteiger partial charge in [-0.3, -0.25) is 9.69 Å². The first-order chi connectivity index (χ1) is 9.19. The Morgan fingerprint density at radius 3 is 2.63 bits per heavy atom. The van der Waals surface area contributed by atoms with E-state index in [0.29, 0.717) is 0 Å². The SMILES string of the molecule is CCCN(CC#N)CC(=O)Nc1ccc(OC)cc1. The third kappa shape index (κ3) is 5.40. The Balaban J connectivity index is 2.51. The summed E-state index contributed by atoms with van der Waals surface area (Å²) in [4.78, 5) is 13.7. The number of methoxy groups -OCH3 is 1. The van der Waals surface area contributed by atoms with Crippen LogP contribution in [0.4, 0.5) is 5.69 Å². The highest BCUT2D eigenvalue weighted by molar-refractivity contribution is 5.92.